The molecule has 3 aromatic rings. The fraction of sp³-hybridized carbons (Fsp3) is 0.0769. The van der Waals surface area contributed by atoms with Crippen LogP contribution < -0.4 is 16.2 Å². The molecule has 0 amide bonds. The Morgan fingerprint density at radius 3 is 2.95 bits per heavy atom. The molecule has 0 atom stereocenters. The summed E-state index contributed by atoms with van der Waals surface area (Å²) in [5.41, 5.74) is 0.245. The van der Waals surface area contributed by atoms with E-state index in [-0.39, 0.29) is 16.2 Å². The van der Waals surface area contributed by atoms with E-state index in [9.17, 15) is 4.79 Å². The second-order valence-corrected chi connectivity index (χ2v) is 4.39. The average Bonchev–Trinajstić information content (AvgIpc) is 2.89. The quantitative estimate of drug-likeness (QED) is 0.339. The first kappa shape index (κ1) is 12.6. The van der Waals surface area contributed by atoms with Gasteiger partial charge in [-0.1, -0.05) is 11.6 Å². The van der Waals surface area contributed by atoms with Crippen LogP contribution >= 0.6 is 11.6 Å². The van der Waals surface area contributed by atoms with E-state index in [0.717, 1.165) is 11.6 Å². The van der Waals surface area contributed by atoms with Crippen LogP contribution in [0, 0.1) is 0 Å². The Morgan fingerprint density at radius 1 is 1.45 bits per heavy atom. The Labute approximate surface area is 117 Å². The molecule has 2 aromatic heterocycles. The molecule has 102 valence electrons. The Balaban J connectivity index is 2.57. The minimum Gasteiger partial charge on any atom is -0.495 e. The van der Waals surface area contributed by atoms with Gasteiger partial charge in [0.05, 0.1) is 40.9 Å². The summed E-state index contributed by atoms with van der Waals surface area (Å²) in [5.74, 6) is 5.54. The first-order valence-corrected chi connectivity index (χ1v) is 5.99. The summed E-state index contributed by atoms with van der Waals surface area (Å²) in [6.07, 6.45) is 2.66. The minimum absolute atomic E-state index is 0.0720. The fourth-order valence-electron chi connectivity index (χ4n) is 2.12. The lowest BCUT2D eigenvalue weighted by atomic mass is 10.1. The second kappa shape index (κ2) is 4.57. The van der Waals surface area contributed by atoms with Crippen molar-refractivity contribution in [1.82, 2.24) is 0 Å². The van der Waals surface area contributed by atoms with Gasteiger partial charge in [-0.25, -0.2) is 4.79 Å². The molecule has 0 bridgehead atoms. The molecule has 7 heteroatoms. The van der Waals surface area contributed by atoms with Gasteiger partial charge in [0.2, 0.25) is 0 Å². The second-order valence-electron chi connectivity index (χ2n) is 4.01. The summed E-state index contributed by atoms with van der Waals surface area (Å²) in [6.45, 7) is 0. The molecule has 0 aliphatic heterocycles. The van der Waals surface area contributed by atoms with E-state index in [1.807, 2.05) is 0 Å². The monoisotopic (exact) mass is 292 g/mol. The smallest absolute Gasteiger partial charge is 0.346 e. The van der Waals surface area contributed by atoms with Crippen LogP contribution in [0.15, 0.2) is 37.1 Å². The summed E-state index contributed by atoms with van der Waals surface area (Å²) < 4.78 is 15.9. The molecule has 0 spiro atoms. The van der Waals surface area contributed by atoms with Crippen LogP contribution in [0.2, 0.25) is 5.02 Å². The third-order valence-electron chi connectivity index (χ3n) is 2.96. The number of hydrazone groups is 1. The highest BCUT2D eigenvalue weighted by Crippen LogP contribution is 2.39. The third kappa shape index (κ3) is 1.65. The maximum absolute atomic E-state index is 11.8. The van der Waals surface area contributed by atoms with Crippen LogP contribution in [0.1, 0.15) is 5.56 Å². The van der Waals surface area contributed by atoms with Crippen molar-refractivity contribution < 1.29 is 13.6 Å². The normalized spacial score (nSPS) is 11.7. The van der Waals surface area contributed by atoms with Crippen molar-refractivity contribution in [2.24, 2.45) is 10.9 Å². The Bertz CT molecular complexity index is 895. The molecule has 6 nitrogen and oxygen atoms in total. The van der Waals surface area contributed by atoms with Gasteiger partial charge in [-0.05, 0) is 6.07 Å². The predicted octanol–water partition coefficient (Wildman–Crippen LogP) is 2.49. The van der Waals surface area contributed by atoms with Crippen molar-refractivity contribution in [3.8, 4) is 5.75 Å². The van der Waals surface area contributed by atoms with Gasteiger partial charge in [-0.3, -0.25) is 0 Å². The van der Waals surface area contributed by atoms with Crippen molar-refractivity contribution in [1.29, 1.82) is 0 Å². The van der Waals surface area contributed by atoms with Crippen molar-refractivity contribution in [3.63, 3.8) is 0 Å². The standard InChI is InChI=1S/C13H9ClN2O4/c1-18-12-6-2-3-19-8(6)4-9-10(12)11(14)7(5-16-15)13(17)20-9/h2-5H,15H2,1H3/b16-5+. The van der Waals surface area contributed by atoms with Gasteiger partial charge in [0.1, 0.15) is 16.9 Å². The van der Waals surface area contributed by atoms with E-state index in [1.165, 1.54) is 13.4 Å². The minimum atomic E-state index is -0.635. The zero-order valence-electron chi connectivity index (χ0n) is 10.3. The number of rotatable bonds is 2. The summed E-state index contributed by atoms with van der Waals surface area (Å²) in [5, 5.41) is 4.68. The van der Waals surface area contributed by atoms with E-state index in [2.05, 4.69) is 5.10 Å². The van der Waals surface area contributed by atoms with Gasteiger partial charge >= 0.3 is 5.63 Å². The molecule has 0 aliphatic carbocycles. The van der Waals surface area contributed by atoms with Gasteiger partial charge in [0.25, 0.3) is 0 Å². The van der Waals surface area contributed by atoms with Crippen molar-refractivity contribution in [3.05, 3.63) is 39.4 Å². The molecule has 0 saturated heterocycles. The topological polar surface area (TPSA) is 91.0 Å². The zero-order chi connectivity index (χ0) is 14.3. The predicted molar refractivity (Wildman–Crippen MR) is 75.6 cm³/mol. The van der Waals surface area contributed by atoms with Gasteiger partial charge in [-0.2, -0.15) is 5.10 Å². The summed E-state index contributed by atoms with van der Waals surface area (Å²) in [4.78, 5) is 11.8. The molecule has 1 aromatic carbocycles. The first-order chi connectivity index (χ1) is 9.67. The van der Waals surface area contributed by atoms with Crippen LogP contribution in [-0.2, 0) is 0 Å². The molecule has 0 fully saturated rings. The Hall–Kier alpha value is -2.47. The number of benzene rings is 1. The molecule has 0 aliphatic rings. The largest absolute Gasteiger partial charge is 0.495 e. The lowest BCUT2D eigenvalue weighted by molar-refractivity contribution is 0.423. The molecule has 3 rings (SSSR count). The number of fused-ring (bicyclic) bond motifs is 2. The summed E-state index contributed by atoms with van der Waals surface area (Å²) in [7, 11) is 1.50. The van der Waals surface area contributed by atoms with E-state index in [1.54, 1.807) is 12.1 Å². The van der Waals surface area contributed by atoms with Crippen LogP contribution in [0.3, 0.4) is 0 Å². The van der Waals surface area contributed by atoms with Crippen LogP contribution in [-0.4, -0.2) is 13.3 Å². The SMILES string of the molecule is COc1c2ccoc2cc2oc(=O)c(/C=N/N)c(Cl)c12. The van der Waals surface area contributed by atoms with Crippen LogP contribution in [0.5, 0.6) is 5.75 Å². The highest BCUT2D eigenvalue weighted by molar-refractivity contribution is 6.38. The third-order valence-corrected chi connectivity index (χ3v) is 3.35. The highest BCUT2D eigenvalue weighted by atomic mass is 35.5. The Morgan fingerprint density at radius 2 is 2.25 bits per heavy atom. The van der Waals surface area contributed by atoms with E-state index < -0.39 is 5.63 Å². The van der Waals surface area contributed by atoms with E-state index >= 15 is 0 Å². The molecule has 2 N–H and O–H groups in total. The Kier molecular flexibility index (Phi) is 2.87. The van der Waals surface area contributed by atoms with Gasteiger partial charge in [0, 0.05) is 6.07 Å². The van der Waals surface area contributed by atoms with Crippen molar-refractivity contribution in [2.45, 2.75) is 0 Å². The molecule has 0 saturated carbocycles. The van der Waals surface area contributed by atoms with Gasteiger partial charge in [0.15, 0.2) is 0 Å². The van der Waals surface area contributed by atoms with Crippen LogP contribution in [0.25, 0.3) is 21.9 Å². The van der Waals surface area contributed by atoms with Gasteiger partial charge in [-0.15, -0.1) is 0 Å². The number of ether oxygens (including phenoxy) is 1. The number of hydrogen-bond donors (Lipinski definition) is 1. The summed E-state index contributed by atoms with van der Waals surface area (Å²) in [6, 6.07) is 3.33. The lowest BCUT2D eigenvalue weighted by Gasteiger charge is -2.08. The molecular weight excluding hydrogens is 284 g/mol. The van der Waals surface area contributed by atoms with E-state index in [0.29, 0.717) is 16.7 Å². The maximum atomic E-state index is 11.8. The molecule has 20 heavy (non-hydrogen) atoms. The zero-order valence-corrected chi connectivity index (χ0v) is 11.1. The maximum Gasteiger partial charge on any atom is 0.346 e. The first-order valence-electron chi connectivity index (χ1n) is 5.61. The lowest BCUT2D eigenvalue weighted by Crippen LogP contribution is -2.09. The highest BCUT2D eigenvalue weighted by Gasteiger charge is 2.19. The molecule has 0 radical (unpaired) electrons. The van der Waals surface area contributed by atoms with Crippen LogP contribution in [0.4, 0.5) is 0 Å². The van der Waals surface area contributed by atoms with E-state index in [4.69, 9.17) is 31.0 Å². The number of nitrogens with two attached hydrogens (primary N) is 1. The molecular formula is C13H9ClN2O4. The fourth-order valence-corrected chi connectivity index (χ4v) is 2.43. The number of halogens is 1. The number of hydrogen-bond acceptors (Lipinski definition) is 6. The summed E-state index contributed by atoms with van der Waals surface area (Å²) >= 11 is 6.26. The number of methoxy groups -OCH3 is 1. The van der Waals surface area contributed by atoms with Gasteiger partial charge < -0.3 is 19.4 Å². The molecule has 2 heterocycles. The number of furan rings is 1. The number of nitrogens with zero attached hydrogens (tertiary/aromatic N) is 1. The molecule has 0 unspecified atom stereocenters. The van der Waals surface area contributed by atoms with Crippen molar-refractivity contribution in [2.75, 3.05) is 7.11 Å². The average molecular weight is 293 g/mol. The van der Waals surface area contributed by atoms with Crippen molar-refractivity contribution >= 4 is 39.8 Å².